The molecule has 0 aliphatic carbocycles. The maximum atomic E-state index is 10.3. The SMILES string of the molecule is O=C([O-])Cc1csc(-c2ccsc2)n1. The van der Waals surface area contributed by atoms with Gasteiger partial charge in [0.1, 0.15) is 5.01 Å². The standard InChI is InChI=1S/C9H7NO2S2/c11-8(12)3-7-5-14-9(10-7)6-1-2-13-4-6/h1-2,4-5H,3H2,(H,11,12)/p-1. The number of carbonyl (C=O) groups is 1. The number of carbonyl (C=O) groups excluding carboxylic acids is 1. The van der Waals surface area contributed by atoms with Crippen LogP contribution in [-0.2, 0) is 11.2 Å². The van der Waals surface area contributed by atoms with Gasteiger partial charge < -0.3 is 9.90 Å². The number of thiazole rings is 1. The fourth-order valence-electron chi connectivity index (χ4n) is 1.05. The number of aliphatic carboxylic acids is 1. The summed E-state index contributed by atoms with van der Waals surface area (Å²) in [6, 6.07) is 1.96. The number of thiophene rings is 1. The van der Waals surface area contributed by atoms with E-state index >= 15 is 0 Å². The summed E-state index contributed by atoms with van der Waals surface area (Å²) >= 11 is 3.05. The number of hydrogen-bond acceptors (Lipinski definition) is 5. The van der Waals surface area contributed by atoms with Gasteiger partial charge in [0.2, 0.25) is 0 Å². The number of nitrogens with zero attached hydrogens (tertiary/aromatic N) is 1. The van der Waals surface area contributed by atoms with Crippen molar-refractivity contribution in [3.63, 3.8) is 0 Å². The lowest BCUT2D eigenvalue weighted by atomic mass is 10.3. The molecule has 0 fully saturated rings. The van der Waals surface area contributed by atoms with Gasteiger partial charge in [0.25, 0.3) is 0 Å². The van der Waals surface area contributed by atoms with Gasteiger partial charge in [0, 0.05) is 28.7 Å². The van der Waals surface area contributed by atoms with E-state index in [0.717, 1.165) is 10.6 Å². The molecule has 0 aromatic carbocycles. The predicted molar refractivity (Wildman–Crippen MR) is 54.1 cm³/mol. The van der Waals surface area contributed by atoms with Crippen LogP contribution in [0.2, 0.25) is 0 Å². The zero-order valence-electron chi connectivity index (χ0n) is 7.10. The second-order valence-corrected chi connectivity index (χ2v) is 4.34. The second kappa shape index (κ2) is 3.89. The summed E-state index contributed by atoms with van der Waals surface area (Å²) in [5.74, 6) is -1.09. The van der Waals surface area contributed by atoms with Crippen LogP contribution in [0.5, 0.6) is 0 Å². The summed E-state index contributed by atoms with van der Waals surface area (Å²) < 4.78 is 0. The summed E-state index contributed by atoms with van der Waals surface area (Å²) in [7, 11) is 0. The molecule has 5 heteroatoms. The molecule has 2 aromatic rings. The molecule has 0 saturated heterocycles. The molecule has 2 aromatic heterocycles. The van der Waals surface area contributed by atoms with Crippen molar-refractivity contribution in [3.8, 4) is 10.6 Å². The van der Waals surface area contributed by atoms with Crippen molar-refractivity contribution in [3.05, 3.63) is 27.9 Å². The van der Waals surface area contributed by atoms with Crippen molar-refractivity contribution in [1.29, 1.82) is 0 Å². The number of rotatable bonds is 3. The van der Waals surface area contributed by atoms with Crippen LogP contribution in [0.25, 0.3) is 10.6 Å². The topological polar surface area (TPSA) is 53.0 Å². The van der Waals surface area contributed by atoms with Gasteiger partial charge in [-0.3, -0.25) is 0 Å². The van der Waals surface area contributed by atoms with E-state index in [1.165, 1.54) is 11.3 Å². The third kappa shape index (κ3) is 2.00. The third-order valence-electron chi connectivity index (χ3n) is 1.65. The van der Waals surface area contributed by atoms with Crippen molar-refractivity contribution in [2.24, 2.45) is 0 Å². The number of aromatic nitrogens is 1. The van der Waals surface area contributed by atoms with E-state index in [1.807, 2.05) is 16.8 Å². The van der Waals surface area contributed by atoms with Crippen LogP contribution in [0.1, 0.15) is 5.69 Å². The highest BCUT2D eigenvalue weighted by atomic mass is 32.1. The zero-order chi connectivity index (χ0) is 9.97. The highest BCUT2D eigenvalue weighted by Gasteiger charge is 2.04. The van der Waals surface area contributed by atoms with Crippen LogP contribution in [-0.4, -0.2) is 11.0 Å². The number of carboxylic acid groups (broad SMARTS) is 1. The molecule has 0 aliphatic rings. The molecule has 0 bridgehead atoms. The third-order valence-corrected chi connectivity index (χ3v) is 3.27. The van der Waals surface area contributed by atoms with E-state index < -0.39 is 5.97 Å². The van der Waals surface area contributed by atoms with Crippen LogP contribution < -0.4 is 5.11 Å². The molecule has 0 radical (unpaired) electrons. The maximum Gasteiger partial charge on any atom is 0.124 e. The Morgan fingerprint density at radius 1 is 1.50 bits per heavy atom. The molecule has 0 atom stereocenters. The molecule has 3 nitrogen and oxygen atoms in total. The Morgan fingerprint density at radius 2 is 2.36 bits per heavy atom. The molecule has 0 amide bonds. The normalized spacial score (nSPS) is 10.3. The molecule has 0 aliphatic heterocycles. The number of hydrogen-bond donors (Lipinski definition) is 0. The summed E-state index contributed by atoms with van der Waals surface area (Å²) in [4.78, 5) is 14.5. The first-order chi connectivity index (χ1) is 6.75. The lowest BCUT2D eigenvalue weighted by Gasteiger charge is -1.95. The molecule has 0 saturated carbocycles. The molecular weight excluding hydrogens is 218 g/mol. The molecule has 72 valence electrons. The summed E-state index contributed by atoms with van der Waals surface area (Å²) in [6.07, 6.45) is -0.110. The van der Waals surface area contributed by atoms with Gasteiger partial charge in [-0.2, -0.15) is 11.3 Å². The molecule has 0 N–H and O–H groups in total. The average Bonchev–Trinajstić information content (AvgIpc) is 2.69. The Labute approximate surface area is 88.7 Å². The fraction of sp³-hybridized carbons (Fsp3) is 0.111. The fourth-order valence-corrected chi connectivity index (χ4v) is 2.59. The Hall–Kier alpha value is -1.20. The quantitative estimate of drug-likeness (QED) is 0.786. The highest BCUT2D eigenvalue weighted by molar-refractivity contribution is 7.14. The van der Waals surface area contributed by atoms with E-state index in [4.69, 9.17) is 0 Å². The van der Waals surface area contributed by atoms with Gasteiger partial charge >= 0.3 is 0 Å². The first kappa shape index (κ1) is 9.36. The van der Waals surface area contributed by atoms with Gasteiger partial charge in [-0.25, -0.2) is 4.98 Å². The van der Waals surface area contributed by atoms with E-state index in [2.05, 4.69) is 4.98 Å². The lowest BCUT2D eigenvalue weighted by molar-refractivity contribution is -0.304. The second-order valence-electron chi connectivity index (χ2n) is 2.70. The molecule has 2 rings (SSSR count). The van der Waals surface area contributed by atoms with Crippen molar-refractivity contribution in [2.45, 2.75) is 6.42 Å². The predicted octanol–water partition coefficient (Wildman–Crippen LogP) is 1.16. The van der Waals surface area contributed by atoms with E-state index in [9.17, 15) is 9.90 Å². The first-order valence-corrected chi connectivity index (χ1v) is 5.75. The van der Waals surface area contributed by atoms with Gasteiger partial charge in [-0.1, -0.05) is 0 Å². The molecule has 14 heavy (non-hydrogen) atoms. The van der Waals surface area contributed by atoms with Crippen molar-refractivity contribution >= 4 is 28.6 Å². The maximum absolute atomic E-state index is 10.3. The monoisotopic (exact) mass is 224 g/mol. The zero-order valence-corrected chi connectivity index (χ0v) is 8.73. The van der Waals surface area contributed by atoms with Gasteiger partial charge in [-0.15, -0.1) is 11.3 Å². The lowest BCUT2D eigenvalue weighted by Crippen LogP contribution is -2.24. The first-order valence-electron chi connectivity index (χ1n) is 3.92. The van der Waals surface area contributed by atoms with Crippen molar-refractivity contribution in [2.75, 3.05) is 0 Å². The Bertz CT molecular complexity index is 433. The van der Waals surface area contributed by atoms with E-state index in [1.54, 1.807) is 16.7 Å². The molecular formula is C9H6NO2S2-. The molecule has 0 unspecified atom stereocenters. The summed E-state index contributed by atoms with van der Waals surface area (Å²) in [6.45, 7) is 0. The van der Waals surface area contributed by atoms with E-state index in [0.29, 0.717) is 5.69 Å². The van der Waals surface area contributed by atoms with Crippen LogP contribution in [0.4, 0.5) is 0 Å². The molecule has 0 spiro atoms. The Balaban J connectivity index is 2.22. The summed E-state index contributed by atoms with van der Waals surface area (Å²) in [5.41, 5.74) is 1.61. The van der Waals surface area contributed by atoms with Gasteiger partial charge in [0.05, 0.1) is 5.69 Å². The minimum absolute atomic E-state index is 0.110. The Kier molecular flexibility index (Phi) is 2.60. The van der Waals surface area contributed by atoms with Crippen LogP contribution in [0, 0.1) is 0 Å². The van der Waals surface area contributed by atoms with Crippen LogP contribution >= 0.6 is 22.7 Å². The minimum Gasteiger partial charge on any atom is -0.550 e. The number of carboxylic acids is 1. The smallest absolute Gasteiger partial charge is 0.124 e. The van der Waals surface area contributed by atoms with Crippen molar-refractivity contribution < 1.29 is 9.90 Å². The van der Waals surface area contributed by atoms with Gasteiger partial charge in [0.15, 0.2) is 0 Å². The largest absolute Gasteiger partial charge is 0.550 e. The van der Waals surface area contributed by atoms with Gasteiger partial charge in [-0.05, 0) is 11.4 Å². The van der Waals surface area contributed by atoms with Crippen LogP contribution in [0.3, 0.4) is 0 Å². The van der Waals surface area contributed by atoms with Crippen LogP contribution in [0.15, 0.2) is 22.2 Å². The highest BCUT2D eigenvalue weighted by Crippen LogP contribution is 2.25. The van der Waals surface area contributed by atoms with Crippen molar-refractivity contribution in [1.82, 2.24) is 4.98 Å². The van der Waals surface area contributed by atoms with E-state index in [-0.39, 0.29) is 6.42 Å². The molecule has 2 heterocycles. The Morgan fingerprint density at radius 3 is 3.00 bits per heavy atom. The minimum atomic E-state index is -1.09. The average molecular weight is 224 g/mol. The summed E-state index contributed by atoms with van der Waals surface area (Å²) in [5, 5.41) is 16.9.